The van der Waals surface area contributed by atoms with Gasteiger partial charge in [0, 0.05) is 199 Å². The first kappa shape index (κ1) is 37.7. The van der Waals surface area contributed by atoms with Gasteiger partial charge in [-0.05, 0) is 38.1 Å². The molecule has 3 aliphatic heterocycles. The Morgan fingerprint density at radius 3 is 2.47 bits per heavy atom. The molecule has 38 heavy (non-hydrogen) atoms. The van der Waals surface area contributed by atoms with Crippen LogP contribution in [0.15, 0.2) is 24.3 Å². The van der Waals surface area contributed by atoms with E-state index in [1.54, 1.807) is 6.07 Å². The van der Waals surface area contributed by atoms with Gasteiger partial charge in [0.2, 0.25) is 0 Å². The van der Waals surface area contributed by atoms with Crippen LogP contribution in [0.25, 0.3) is 0 Å². The predicted molar refractivity (Wildman–Crippen MR) is 115 cm³/mol. The molecule has 1 spiro atoms. The van der Waals surface area contributed by atoms with E-state index in [1.165, 1.54) is 0 Å². The zero-order valence-electron chi connectivity index (χ0n) is 21.2. The van der Waals surface area contributed by atoms with Gasteiger partial charge >= 0.3 is 5.97 Å². The maximum Gasteiger partial charge on any atom is 0.337 e. The minimum atomic E-state index is -1.67. The third-order valence-corrected chi connectivity index (χ3v) is 8.42. The van der Waals surface area contributed by atoms with E-state index in [9.17, 15) is 25.2 Å². The van der Waals surface area contributed by atoms with Crippen LogP contribution in [0.1, 0.15) is 17.5 Å². The van der Waals surface area contributed by atoms with E-state index in [1.807, 2.05) is 12.1 Å². The second-order valence-electron chi connectivity index (χ2n) is 9.96. The number of methoxy groups -OCH3 is 1. The summed E-state index contributed by atoms with van der Waals surface area (Å²) in [6.07, 6.45) is -3.40. The molecule has 5 aliphatic rings. The van der Waals surface area contributed by atoms with Gasteiger partial charge in [0.1, 0.15) is 30.5 Å². The van der Waals surface area contributed by atoms with Crippen LogP contribution in [0.2, 0.25) is 0 Å². The summed E-state index contributed by atoms with van der Waals surface area (Å²) in [6.45, 7) is 0.855. The second-order valence-corrected chi connectivity index (χ2v) is 9.96. The average molecular weight is 1380 g/mol. The molecule has 10 nitrogen and oxygen atoms in total. The molecule has 0 amide bonds. The largest absolute Gasteiger partial charge is 0.504 e. The van der Waals surface area contributed by atoms with Crippen LogP contribution < -0.4 is 4.74 Å². The van der Waals surface area contributed by atoms with Crippen molar-refractivity contribution in [1.82, 2.24) is 4.90 Å². The summed E-state index contributed by atoms with van der Waals surface area (Å²) in [4.78, 5) is 14.4. The molecule has 1 aromatic carbocycles. The Labute approximate surface area is 364 Å². The second kappa shape index (κ2) is 14.8. The van der Waals surface area contributed by atoms with Crippen LogP contribution in [0, 0.1) is 182 Å². The number of phenols is 1. The minimum Gasteiger partial charge on any atom is -0.504 e. The number of likely N-dealkylation sites (tertiary alicyclic amines) is 1. The number of aromatic hydroxyl groups is 1. The number of rotatable bonds is 3. The van der Waals surface area contributed by atoms with Gasteiger partial charge in [0.05, 0.1) is 7.11 Å². The summed E-state index contributed by atoms with van der Waals surface area (Å²) in [5, 5.41) is 41.7. The van der Waals surface area contributed by atoms with Gasteiger partial charge in [0.25, 0.3) is 0 Å². The molecule has 2 unspecified atom stereocenters. The molecule has 3 heterocycles. The van der Waals surface area contributed by atoms with Crippen molar-refractivity contribution in [2.75, 3.05) is 20.7 Å². The Bertz CT molecular complexity index is 1060. The maximum absolute atomic E-state index is 12.1. The molecule has 10 atom stereocenters. The quantitative estimate of drug-likeness (QED) is 0.225. The zero-order chi connectivity index (χ0) is 23.9. The number of nitrogens with zero attached hydrogens (tertiary/aromatic N) is 1. The third kappa shape index (κ3) is 5.93. The molecular weight excluding hydrogens is 1350 g/mol. The Hall–Kier alpha value is 3.56. The fraction of sp³-hybridized carbons (Fsp3) is 0.625. The van der Waals surface area contributed by atoms with E-state index < -0.39 is 54.3 Å². The molecule has 2 saturated heterocycles. The maximum atomic E-state index is 12.1. The van der Waals surface area contributed by atoms with Crippen molar-refractivity contribution < 1.29 is 220 Å². The number of likely N-dealkylation sites (N-methyl/N-ethyl adjacent to an activating group) is 1. The van der Waals surface area contributed by atoms with E-state index in [0.29, 0.717) is 5.75 Å². The van der Waals surface area contributed by atoms with Gasteiger partial charge in [-0.2, -0.15) is 0 Å². The van der Waals surface area contributed by atoms with Crippen molar-refractivity contribution in [1.29, 1.82) is 0 Å². The van der Waals surface area contributed by atoms with Crippen LogP contribution in [0.4, 0.5) is 0 Å². The molecule has 0 aromatic heterocycles. The summed E-state index contributed by atoms with van der Waals surface area (Å²) in [6, 6.07) is 3.90. The molecule has 4 radical (unpaired) electrons. The SMILES string of the molecule is COC(=O)[C@H]1OC(O[C@H]2C=CC3[C@H]4Cc5ccc(O)c6c5[C@@]3(CCN4C)[C@H]2O6)[C@H](O)[C@@H](O)[C@@H]1O.[Ac].[Ac].[Ac].[Ac]. The normalized spacial score (nSPS) is 39.7. The summed E-state index contributed by atoms with van der Waals surface area (Å²) in [7, 11) is 3.26. The smallest absolute Gasteiger partial charge is 0.337 e. The number of hydrogen-bond donors (Lipinski definition) is 4. The van der Waals surface area contributed by atoms with E-state index >= 15 is 0 Å². The summed E-state index contributed by atoms with van der Waals surface area (Å²) in [5.41, 5.74) is 1.76. The minimum absolute atomic E-state index is 0. The first-order valence-corrected chi connectivity index (χ1v) is 11.6. The molecule has 2 bridgehead atoms. The summed E-state index contributed by atoms with van der Waals surface area (Å²) < 4.78 is 22.8. The molecule has 2 fully saturated rings. The Kier molecular flexibility index (Phi) is 14.7. The number of ether oxygens (including phenoxy) is 4. The van der Waals surface area contributed by atoms with Crippen LogP contribution in [-0.2, 0) is 30.8 Å². The van der Waals surface area contributed by atoms with Crippen LogP contribution >= 0.6 is 0 Å². The van der Waals surface area contributed by atoms with Gasteiger partial charge < -0.3 is 44.3 Å². The Morgan fingerprint density at radius 2 is 1.79 bits per heavy atom. The predicted octanol–water partition coefficient (Wildman–Crippen LogP) is -0.797. The molecule has 4 N–H and O–H groups in total. The molecule has 14 heteroatoms. The monoisotopic (exact) mass is 1380 g/mol. The van der Waals surface area contributed by atoms with Crippen molar-refractivity contribution in [2.24, 2.45) is 5.92 Å². The van der Waals surface area contributed by atoms with Gasteiger partial charge in [-0.15, -0.1) is 0 Å². The molecular formula is C24H29Ac4NO9. The molecule has 1 aromatic rings. The van der Waals surface area contributed by atoms with Gasteiger partial charge in [-0.1, -0.05) is 18.2 Å². The number of esters is 1. The average Bonchev–Trinajstić information content (AvgIpc) is 3.19. The number of aliphatic hydroxyl groups excluding tert-OH is 3. The zero-order valence-corrected chi connectivity index (χ0v) is 40.2. The van der Waals surface area contributed by atoms with Crippen molar-refractivity contribution in [3.63, 3.8) is 0 Å². The van der Waals surface area contributed by atoms with Crippen LogP contribution in [0.3, 0.4) is 0 Å². The van der Waals surface area contributed by atoms with E-state index in [-0.39, 0.29) is 194 Å². The number of hydrogen-bond acceptors (Lipinski definition) is 10. The number of piperidine rings is 1. The Morgan fingerprint density at radius 1 is 1.08 bits per heavy atom. The first-order chi connectivity index (χ1) is 16.3. The van der Waals surface area contributed by atoms with Crippen LogP contribution in [0.5, 0.6) is 11.5 Å². The van der Waals surface area contributed by atoms with Gasteiger partial charge in [0.15, 0.2) is 23.9 Å². The molecule has 6 rings (SSSR count). The van der Waals surface area contributed by atoms with E-state index in [4.69, 9.17) is 14.2 Å². The number of carbonyl (C=O) groups excluding carboxylic acids is 1. The molecule has 2 aliphatic carbocycles. The molecule has 0 saturated carbocycles. The van der Waals surface area contributed by atoms with Crippen molar-refractivity contribution in [3.8, 4) is 11.5 Å². The first-order valence-electron chi connectivity index (χ1n) is 11.6. The number of carbonyl (C=O) groups is 1. The van der Waals surface area contributed by atoms with Crippen molar-refractivity contribution in [3.05, 3.63) is 35.4 Å². The Balaban J connectivity index is 0.00000127. The topological polar surface area (TPSA) is 138 Å². The van der Waals surface area contributed by atoms with Gasteiger partial charge in [-0.25, -0.2) is 4.79 Å². The summed E-state index contributed by atoms with van der Waals surface area (Å²) in [5.74, 6) is -0.176. The van der Waals surface area contributed by atoms with Gasteiger partial charge in [-0.3, -0.25) is 0 Å². The van der Waals surface area contributed by atoms with E-state index in [0.717, 1.165) is 37.6 Å². The van der Waals surface area contributed by atoms with Crippen molar-refractivity contribution >= 4 is 5.97 Å². The van der Waals surface area contributed by atoms with Crippen molar-refractivity contribution in [2.45, 2.75) is 67.2 Å². The number of aliphatic hydroxyl groups is 3. The number of benzene rings is 1. The number of phenolic OH excluding ortho intramolecular Hbond substituents is 1. The standard InChI is InChI=1S/C24H29NO9.4Ac/c1-25-8-7-24-11-4-6-14(32-23-18(29)16(27)17(28)20(34-23)22(30)31-2)21(24)33-19-13(26)5-3-10(15(19)24)9-12(11)25;;;;/h3-6,11-12,14,16-18,20-21,23,26-29H,7-9H2,1-2H3;;;;/t11?,12-,14+,16+,17+,18-,20+,21+,23?,24+;;;;/m1..../s1. The molecule has 196 valence electrons. The van der Waals surface area contributed by atoms with Crippen LogP contribution in [-0.4, -0.2) is 101 Å². The third-order valence-electron chi connectivity index (χ3n) is 8.42. The summed E-state index contributed by atoms with van der Waals surface area (Å²) >= 11 is 0. The fourth-order valence-corrected chi connectivity index (χ4v) is 6.76. The fourth-order valence-electron chi connectivity index (χ4n) is 6.76. The van der Waals surface area contributed by atoms with E-state index in [2.05, 4.69) is 22.8 Å².